The van der Waals surface area contributed by atoms with Crippen LogP contribution in [0.15, 0.2) is 0 Å². The molecule has 0 aromatic rings. The summed E-state index contributed by atoms with van der Waals surface area (Å²) in [6.07, 6.45) is 0. The van der Waals surface area contributed by atoms with Crippen LogP contribution in [0.1, 0.15) is 0 Å². The van der Waals surface area contributed by atoms with Gasteiger partial charge in [-0.2, -0.15) is 0 Å². The molecule has 0 amide bonds. The van der Waals surface area contributed by atoms with Crippen LogP contribution in [0.5, 0.6) is 0 Å². The van der Waals surface area contributed by atoms with Gasteiger partial charge in [-0.3, -0.25) is 0 Å². The molecule has 0 atom stereocenters. The fourth-order valence-electron chi connectivity index (χ4n) is 0.211. The Hall–Kier alpha value is 12.4. The predicted octanol–water partition coefficient (Wildman–Crippen LogP) is 15.2. The third-order valence-corrected chi connectivity index (χ3v) is 1110. The molecule has 0 radical (unpaired) electrons. The van der Waals surface area contributed by atoms with Crippen molar-refractivity contribution in [3.63, 3.8) is 0 Å². The van der Waals surface area contributed by atoms with Gasteiger partial charge >= 0.3 is 240 Å². The van der Waals surface area contributed by atoms with E-state index in [1.54, 1.807) is 0 Å². The van der Waals surface area contributed by atoms with E-state index in [2.05, 4.69) is 172 Å². The molecule has 0 spiro atoms. The maximum atomic E-state index is 3.12. The third-order valence-electron chi connectivity index (χ3n) is 0.639. The Morgan fingerprint density at radius 3 is 1.00 bits per heavy atom. The first-order chi connectivity index (χ1) is 8.11. The van der Waals surface area contributed by atoms with Gasteiger partial charge in [0.25, 0.3) is 0 Å². The Morgan fingerprint density at radius 2 is 0.722 bits per heavy atom. The van der Waals surface area contributed by atoms with Crippen molar-refractivity contribution in [1.29, 1.82) is 0 Å². The van der Waals surface area contributed by atoms with E-state index in [-0.39, 0.29) is 47.4 Å². The van der Waals surface area contributed by atoms with Crippen molar-refractivity contribution < 1.29 is 0 Å². The average Bonchev–Trinajstić information content (AvgIpc) is 2.32. The molecule has 0 rings (SSSR count). The van der Waals surface area contributed by atoms with Gasteiger partial charge in [0.15, 0.2) is 0 Å². The zero-order valence-electron chi connectivity index (χ0n) is 7.43. The van der Waals surface area contributed by atoms with E-state index >= 15 is 0 Å². The summed E-state index contributed by atoms with van der Waals surface area (Å²) in [5, 5.41) is 0. The Kier molecular flexibility index (Phi) is 30.3. The van der Waals surface area contributed by atoms with Crippen molar-refractivity contribution in [3.8, 4) is 0 Å². The van der Waals surface area contributed by atoms with Crippen LogP contribution in [-0.4, -0.2) is 4.93 Å². The number of alkyl halides is 1. The molecule has 0 nitrogen and oxygen atoms in total. The molecule has 0 bridgehead atoms. The van der Waals surface area contributed by atoms with Gasteiger partial charge in [0, 0.05) is 0 Å². The molecule has 0 aliphatic rings. The summed E-state index contributed by atoms with van der Waals surface area (Å²) in [6, 6.07) is 0. The van der Waals surface area contributed by atoms with E-state index in [9.17, 15) is 0 Å². The molecule has 0 fully saturated rings. The summed E-state index contributed by atoms with van der Waals surface area (Å²) < 4.78 is 0. The molecule has 0 unspecified atom stereocenters. The molecule has 0 aliphatic heterocycles. The van der Waals surface area contributed by atoms with E-state index in [0.717, 1.165) is 0 Å². The first-order valence-electron chi connectivity index (χ1n) is 2.66. The van der Waals surface area contributed by atoms with Gasteiger partial charge in [-0.1, -0.05) is 0 Å². The fourth-order valence-corrected chi connectivity index (χ4v) is 2390. The van der Waals surface area contributed by atoms with Gasteiger partial charge in [-0.05, 0) is 0 Å². The number of hydrogen-bond acceptors (Lipinski definition) is 0. The van der Waals surface area contributed by atoms with Crippen molar-refractivity contribution in [2.75, 3.05) is 4.93 Å². The monoisotopic (exact) mass is 2170 g/mol. The van der Waals surface area contributed by atoms with Crippen LogP contribution in [-0.2, 0) is 0 Å². The summed E-state index contributed by atoms with van der Waals surface area (Å²) in [6.45, 7) is 0. The molecule has 0 heterocycles. The first-order valence-corrected chi connectivity index (χ1v) is 105. The number of rotatable bonds is 7. The van der Waals surface area contributed by atoms with Crippen LogP contribution < -0.4 is 0 Å². The summed E-state index contributed by atoms with van der Waals surface area (Å²) in [5.74, 6) is 0. The third kappa shape index (κ3) is 13.1. The van der Waals surface area contributed by atoms with Crippen molar-refractivity contribution >= 4 is 235 Å². The van der Waals surface area contributed by atoms with Gasteiger partial charge in [-0.25, -0.2) is 0 Å². The normalized spacial score (nSPS) is 17.7. The molecule has 18 heavy (non-hydrogen) atoms. The summed E-state index contributed by atoms with van der Waals surface area (Å²) in [4.78, 5) is 2.66. The Morgan fingerprint density at radius 1 is 0.444 bits per heavy atom. The molecule has 126 valence electrons. The molecule has 0 aromatic carbocycles. The Labute approximate surface area is 227 Å². The zero-order valence-corrected chi connectivity index (χ0v) is 44.1. The van der Waals surface area contributed by atoms with Crippen molar-refractivity contribution in [2.24, 2.45) is 0 Å². The van der Waals surface area contributed by atoms with Crippen molar-refractivity contribution in [2.45, 2.75) is 0 Å². The van der Waals surface area contributed by atoms with E-state index in [4.69, 9.17) is 0 Å². The van der Waals surface area contributed by atoms with Gasteiger partial charge in [0.1, 0.15) is 0 Å². The maximum absolute atomic E-state index is 3.12. The standard InChI is InChI=1S/CH3I17/c1-11(2)13(5)15(7)17(9)18(10)16(8)14(6)12(3)4/h1H3. The second kappa shape index (κ2) is 17.9. The summed E-state index contributed by atoms with van der Waals surface area (Å²) in [5.41, 5.74) is 0. The fraction of sp³-hybridized carbons (Fsp3) is 1.00. The van der Waals surface area contributed by atoms with E-state index in [0.29, 0.717) is 0 Å². The molecular weight excluding hydrogens is 2170 g/mol. The molecule has 0 N–H and O–H groups in total. The van der Waals surface area contributed by atoms with E-state index in [1.165, 1.54) is 0 Å². The molecule has 0 aliphatic carbocycles. The van der Waals surface area contributed by atoms with Gasteiger partial charge in [0.2, 0.25) is 0 Å². The van der Waals surface area contributed by atoms with Crippen LogP contribution in [0.25, 0.3) is 0 Å². The molecule has 0 saturated heterocycles. The van der Waals surface area contributed by atoms with Crippen molar-refractivity contribution in [3.05, 3.63) is 0 Å². The quantitative estimate of drug-likeness (QED) is 0.176. The average molecular weight is 2170 g/mol. The van der Waals surface area contributed by atoms with Crippen LogP contribution >= 0.6 is 235 Å². The molecule has 17 heteroatoms. The topological polar surface area (TPSA) is 0 Å². The number of hydrogen-bond donors (Lipinski definition) is 0. The van der Waals surface area contributed by atoms with Crippen LogP contribution in [0.3, 0.4) is 0 Å². The van der Waals surface area contributed by atoms with Crippen LogP contribution in [0.4, 0.5) is 0 Å². The van der Waals surface area contributed by atoms with Crippen LogP contribution in [0, 0.1) is 0 Å². The SMILES string of the molecule is CI(I)I(I)I(I)I(I)I(I)I(I)I(I)I(I)I. The van der Waals surface area contributed by atoms with Gasteiger partial charge < -0.3 is 0 Å². The minimum atomic E-state index is -0.426. The Bertz CT molecular complexity index is 198. The molecule has 0 aromatic heterocycles. The Balaban J connectivity index is 4.63. The second-order valence-corrected chi connectivity index (χ2v) is 371. The van der Waals surface area contributed by atoms with E-state index < -0.39 is 19.8 Å². The summed E-state index contributed by atoms with van der Waals surface area (Å²) in [7, 11) is -2.67. The van der Waals surface area contributed by atoms with E-state index in [1.807, 2.05) is 0 Å². The molecular formula is CH3I17. The van der Waals surface area contributed by atoms with Crippen molar-refractivity contribution in [1.82, 2.24) is 0 Å². The first kappa shape index (κ1) is 30.4. The summed E-state index contributed by atoms with van der Waals surface area (Å²) >= 11 is 26.7. The predicted molar refractivity (Wildman–Crippen MR) is 244 cm³/mol. The molecule has 0 saturated carbocycles. The van der Waals surface area contributed by atoms with Gasteiger partial charge in [0.05, 0.1) is 0 Å². The minimum absolute atomic E-state index is 0.362. The van der Waals surface area contributed by atoms with Crippen LogP contribution in [0.2, 0.25) is 0 Å². The second-order valence-electron chi connectivity index (χ2n) is 1.47. The number of halogens is 17. The van der Waals surface area contributed by atoms with Gasteiger partial charge in [-0.15, -0.1) is 0 Å². The zero-order chi connectivity index (χ0) is 14.6.